The van der Waals surface area contributed by atoms with Gasteiger partial charge in [-0.15, -0.1) is 0 Å². The number of nitrogens with one attached hydrogen (secondary N) is 1. The summed E-state index contributed by atoms with van der Waals surface area (Å²) in [6.07, 6.45) is 11.5. The number of nitrogens with zero attached hydrogens (tertiary/aromatic N) is 1. The second-order valence-corrected chi connectivity index (χ2v) is 5.34. The first-order valence-electron chi connectivity index (χ1n) is 7.10. The Balaban J connectivity index is 1.55. The number of fused-ring (bicyclic) bond motifs is 1. The molecule has 0 spiro atoms. The molecule has 1 atom stereocenters. The third-order valence-electron chi connectivity index (χ3n) is 3.98. The van der Waals surface area contributed by atoms with Crippen molar-refractivity contribution in [3.63, 3.8) is 0 Å². The molecule has 1 N–H and O–H groups in total. The number of rotatable bonds is 3. The quantitative estimate of drug-likeness (QED) is 0.873. The van der Waals surface area contributed by atoms with E-state index in [1.54, 1.807) is 0 Å². The van der Waals surface area contributed by atoms with Crippen molar-refractivity contribution in [1.82, 2.24) is 9.97 Å². The molecule has 3 rings (SSSR count). The Bertz CT molecular complexity index is 343. The molecule has 1 aromatic rings. The normalized spacial score (nSPS) is 24.6. The minimum Gasteiger partial charge on any atom is -0.378 e. The Morgan fingerprint density at radius 2 is 2.12 bits per heavy atom. The summed E-state index contributed by atoms with van der Waals surface area (Å²) in [5.74, 6) is 1.19. The van der Waals surface area contributed by atoms with Gasteiger partial charge in [0.2, 0.25) is 0 Å². The molecule has 1 fully saturated rings. The number of aryl methyl sites for hydroxylation is 3. The van der Waals surface area contributed by atoms with Crippen molar-refractivity contribution in [3.05, 3.63) is 17.2 Å². The molecule has 1 saturated heterocycles. The number of hydrogen-bond acceptors (Lipinski definition) is 2. The van der Waals surface area contributed by atoms with Gasteiger partial charge in [-0.2, -0.15) is 0 Å². The van der Waals surface area contributed by atoms with Crippen molar-refractivity contribution in [2.24, 2.45) is 0 Å². The summed E-state index contributed by atoms with van der Waals surface area (Å²) in [5, 5.41) is 0. The Morgan fingerprint density at radius 1 is 1.18 bits per heavy atom. The molecule has 1 unspecified atom stereocenters. The van der Waals surface area contributed by atoms with E-state index in [-0.39, 0.29) is 0 Å². The summed E-state index contributed by atoms with van der Waals surface area (Å²) in [6.45, 7) is 0.958. The van der Waals surface area contributed by atoms with Crippen LogP contribution in [0.5, 0.6) is 0 Å². The maximum Gasteiger partial charge on any atom is 0.106 e. The number of aromatic amines is 1. The van der Waals surface area contributed by atoms with Crippen LogP contribution in [0.15, 0.2) is 0 Å². The third kappa shape index (κ3) is 2.71. The van der Waals surface area contributed by atoms with Crippen molar-refractivity contribution in [1.29, 1.82) is 0 Å². The lowest BCUT2D eigenvalue weighted by Gasteiger charge is -2.21. The second kappa shape index (κ2) is 5.21. The van der Waals surface area contributed by atoms with Gasteiger partial charge in [0.1, 0.15) is 5.82 Å². The minimum absolute atomic E-state index is 0.478. The molecule has 1 aliphatic carbocycles. The molecule has 3 nitrogen and oxygen atoms in total. The maximum absolute atomic E-state index is 5.76. The van der Waals surface area contributed by atoms with Gasteiger partial charge in [-0.25, -0.2) is 4.98 Å². The summed E-state index contributed by atoms with van der Waals surface area (Å²) in [7, 11) is 0. The molecule has 0 radical (unpaired) electrons. The number of hydrogen-bond donors (Lipinski definition) is 1. The fourth-order valence-corrected chi connectivity index (χ4v) is 2.96. The first-order chi connectivity index (χ1) is 8.42. The SMILES string of the molecule is C1CCC(CCc2nc3c([nH]2)CCCC3)OC1. The van der Waals surface area contributed by atoms with Gasteiger partial charge >= 0.3 is 0 Å². The zero-order valence-electron chi connectivity index (χ0n) is 10.5. The number of imidazole rings is 1. The van der Waals surface area contributed by atoms with Crippen molar-refractivity contribution in [3.8, 4) is 0 Å². The van der Waals surface area contributed by atoms with Crippen LogP contribution in [0.2, 0.25) is 0 Å². The lowest BCUT2D eigenvalue weighted by atomic mass is 10.0. The van der Waals surface area contributed by atoms with Crippen LogP contribution < -0.4 is 0 Å². The highest BCUT2D eigenvalue weighted by Gasteiger charge is 2.17. The first-order valence-corrected chi connectivity index (χ1v) is 7.10. The highest BCUT2D eigenvalue weighted by atomic mass is 16.5. The lowest BCUT2D eigenvalue weighted by molar-refractivity contribution is 0.0112. The van der Waals surface area contributed by atoms with Crippen molar-refractivity contribution in [2.45, 2.75) is 63.9 Å². The van der Waals surface area contributed by atoms with E-state index in [9.17, 15) is 0 Å². The number of aromatic nitrogens is 2. The number of H-pyrrole nitrogens is 1. The third-order valence-corrected chi connectivity index (χ3v) is 3.98. The van der Waals surface area contributed by atoms with Crippen LogP contribution in [0.25, 0.3) is 0 Å². The van der Waals surface area contributed by atoms with Gasteiger partial charge in [0.05, 0.1) is 11.8 Å². The first kappa shape index (κ1) is 11.3. The van der Waals surface area contributed by atoms with Crippen LogP contribution in [0.1, 0.15) is 55.7 Å². The van der Waals surface area contributed by atoms with E-state index in [0.717, 1.165) is 19.4 Å². The summed E-state index contributed by atoms with van der Waals surface area (Å²) >= 11 is 0. The highest BCUT2D eigenvalue weighted by molar-refractivity contribution is 5.17. The van der Waals surface area contributed by atoms with E-state index >= 15 is 0 Å². The van der Waals surface area contributed by atoms with Crippen LogP contribution >= 0.6 is 0 Å². The molecule has 0 amide bonds. The molecule has 2 heterocycles. The Labute approximate surface area is 103 Å². The molecular formula is C14H22N2O. The molecule has 2 aliphatic rings. The molecular weight excluding hydrogens is 212 g/mol. The Hall–Kier alpha value is -0.830. The van der Waals surface area contributed by atoms with Crippen molar-refractivity contribution < 1.29 is 4.74 Å². The van der Waals surface area contributed by atoms with Gasteiger partial charge in [0, 0.05) is 18.7 Å². The second-order valence-electron chi connectivity index (χ2n) is 5.34. The molecule has 94 valence electrons. The fraction of sp³-hybridized carbons (Fsp3) is 0.786. The summed E-state index contributed by atoms with van der Waals surface area (Å²) in [4.78, 5) is 8.23. The van der Waals surface area contributed by atoms with E-state index in [1.807, 2.05) is 0 Å². The van der Waals surface area contributed by atoms with Crippen LogP contribution in [0.3, 0.4) is 0 Å². The summed E-state index contributed by atoms with van der Waals surface area (Å²) < 4.78 is 5.76. The van der Waals surface area contributed by atoms with E-state index < -0.39 is 0 Å². The number of ether oxygens (including phenoxy) is 1. The summed E-state index contributed by atoms with van der Waals surface area (Å²) in [6, 6.07) is 0. The van der Waals surface area contributed by atoms with E-state index in [0.29, 0.717) is 6.10 Å². The molecule has 1 aromatic heterocycles. The van der Waals surface area contributed by atoms with Gasteiger partial charge < -0.3 is 9.72 Å². The standard InChI is InChI=1S/C14H22N2O/c1-2-7-13-12(6-1)15-14(16-13)9-8-11-5-3-4-10-17-11/h11H,1-10H2,(H,15,16). The van der Waals surface area contributed by atoms with Crippen LogP contribution in [-0.2, 0) is 24.0 Å². The predicted molar refractivity (Wildman–Crippen MR) is 67.1 cm³/mol. The molecule has 0 saturated carbocycles. The topological polar surface area (TPSA) is 37.9 Å². The fourth-order valence-electron chi connectivity index (χ4n) is 2.96. The lowest BCUT2D eigenvalue weighted by Crippen LogP contribution is -2.19. The largest absolute Gasteiger partial charge is 0.378 e. The van der Waals surface area contributed by atoms with Gasteiger partial charge in [0.25, 0.3) is 0 Å². The maximum atomic E-state index is 5.76. The highest BCUT2D eigenvalue weighted by Crippen LogP contribution is 2.21. The van der Waals surface area contributed by atoms with Crippen LogP contribution in [0.4, 0.5) is 0 Å². The average molecular weight is 234 g/mol. The van der Waals surface area contributed by atoms with Crippen LogP contribution in [-0.4, -0.2) is 22.7 Å². The zero-order valence-corrected chi connectivity index (χ0v) is 10.5. The zero-order chi connectivity index (χ0) is 11.5. The monoisotopic (exact) mass is 234 g/mol. The predicted octanol–water partition coefficient (Wildman–Crippen LogP) is 2.79. The molecule has 0 bridgehead atoms. The van der Waals surface area contributed by atoms with Crippen molar-refractivity contribution in [2.75, 3.05) is 6.61 Å². The molecule has 3 heteroatoms. The van der Waals surface area contributed by atoms with E-state index in [2.05, 4.69) is 4.98 Å². The average Bonchev–Trinajstić information content (AvgIpc) is 2.80. The van der Waals surface area contributed by atoms with Gasteiger partial charge in [-0.1, -0.05) is 0 Å². The van der Waals surface area contributed by atoms with Gasteiger partial charge in [-0.3, -0.25) is 0 Å². The van der Waals surface area contributed by atoms with Gasteiger partial charge in [-0.05, 0) is 51.4 Å². The van der Waals surface area contributed by atoms with E-state index in [4.69, 9.17) is 9.72 Å². The van der Waals surface area contributed by atoms with E-state index in [1.165, 1.54) is 62.2 Å². The molecule has 1 aliphatic heterocycles. The van der Waals surface area contributed by atoms with Crippen molar-refractivity contribution >= 4 is 0 Å². The smallest absolute Gasteiger partial charge is 0.106 e. The molecule has 0 aromatic carbocycles. The minimum atomic E-state index is 0.478. The Kier molecular flexibility index (Phi) is 3.46. The molecule has 17 heavy (non-hydrogen) atoms. The Morgan fingerprint density at radius 3 is 2.94 bits per heavy atom. The van der Waals surface area contributed by atoms with Crippen LogP contribution in [0, 0.1) is 0 Å². The van der Waals surface area contributed by atoms with Gasteiger partial charge in [0.15, 0.2) is 0 Å². The summed E-state index contributed by atoms with van der Waals surface area (Å²) in [5.41, 5.74) is 2.73.